The quantitative estimate of drug-likeness (QED) is 0.655. The van der Waals surface area contributed by atoms with Crippen LogP contribution in [0.1, 0.15) is 5.56 Å². The Hall–Kier alpha value is -2.24. The predicted molar refractivity (Wildman–Crippen MR) is 62.3 cm³/mol. The highest BCUT2D eigenvalue weighted by Gasteiger charge is 2.31. The van der Waals surface area contributed by atoms with Gasteiger partial charge in [-0.1, -0.05) is 12.1 Å². The Morgan fingerprint density at radius 2 is 1.63 bits per heavy atom. The molecular formula is C13H9F4NO. The van der Waals surface area contributed by atoms with Gasteiger partial charge in [0.1, 0.15) is 5.75 Å². The minimum Gasteiger partial charge on any atom is -0.452 e. The van der Waals surface area contributed by atoms with Crippen molar-refractivity contribution in [2.75, 3.05) is 5.73 Å². The Morgan fingerprint density at radius 3 is 2.21 bits per heavy atom. The zero-order chi connectivity index (χ0) is 14.0. The zero-order valence-corrected chi connectivity index (χ0v) is 9.54. The van der Waals surface area contributed by atoms with Crippen LogP contribution in [0.3, 0.4) is 0 Å². The maximum atomic E-state index is 13.5. The Kier molecular flexibility index (Phi) is 3.33. The van der Waals surface area contributed by atoms with E-state index in [2.05, 4.69) is 0 Å². The van der Waals surface area contributed by atoms with E-state index < -0.39 is 17.6 Å². The molecule has 6 heteroatoms. The Morgan fingerprint density at radius 1 is 0.947 bits per heavy atom. The van der Waals surface area contributed by atoms with E-state index in [1.165, 1.54) is 12.1 Å². The van der Waals surface area contributed by atoms with Crippen LogP contribution in [0.2, 0.25) is 0 Å². The van der Waals surface area contributed by atoms with Gasteiger partial charge in [0, 0.05) is 0 Å². The SMILES string of the molecule is Nc1ccccc1Oc1ccc(C(F)(F)F)cc1F. The monoisotopic (exact) mass is 271 g/mol. The maximum absolute atomic E-state index is 13.5. The molecular weight excluding hydrogens is 262 g/mol. The molecule has 0 amide bonds. The van der Waals surface area contributed by atoms with Crippen molar-refractivity contribution in [3.8, 4) is 11.5 Å². The molecule has 100 valence electrons. The highest BCUT2D eigenvalue weighted by atomic mass is 19.4. The molecule has 0 fully saturated rings. The van der Waals surface area contributed by atoms with E-state index in [-0.39, 0.29) is 17.2 Å². The topological polar surface area (TPSA) is 35.2 Å². The molecule has 2 aromatic rings. The van der Waals surface area contributed by atoms with Crippen LogP contribution in [0.15, 0.2) is 42.5 Å². The van der Waals surface area contributed by atoms with Crippen molar-refractivity contribution >= 4 is 5.69 Å². The number of anilines is 1. The summed E-state index contributed by atoms with van der Waals surface area (Å²) in [4.78, 5) is 0. The van der Waals surface area contributed by atoms with Crippen LogP contribution >= 0.6 is 0 Å². The van der Waals surface area contributed by atoms with Crippen LogP contribution in [0.5, 0.6) is 11.5 Å². The first kappa shape index (κ1) is 13.2. The van der Waals surface area contributed by atoms with E-state index in [1.54, 1.807) is 12.1 Å². The molecule has 0 saturated carbocycles. The van der Waals surface area contributed by atoms with Gasteiger partial charge in [0.2, 0.25) is 0 Å². The highest BCUT2D eigenvalue weighted by molar-refractivity contribution is 5.53. The number of halogens is 4. The van der Waals surface area contributed by atoms with Gasteiger partial charge in [-0.3, -0.25) is 0 Å². The van der Waals surface area contributed by atoms with Gasteiger partial charge in [0.25, 0.3) is 0 Å². The molecule has 0 atom stereocenters. The molecule has 0 unspecified atom stereocenters. The number of nitrogens with two attached hydrogens (primary N) is 1. The molecule has 2 aromatic carbocycles. The molecule has 2 rings (SSSR count). The largest absolute Gasteiger partial charge is 0.452 e. The highest BCUT2D eigenvalue weighted by Crippen LogP contribution is 2.34. The summed E-state index contributed by atoms with van der Waals surface area (Å²) in [5.41, 5.74) is 4.78. The lowest BCUT2D eigenvalue weighted by atomic mass is 10.2. The van der Waals surface area contributed by atoms with E-state index in [9.17, 15) is 17.6 Å². The molecule has 2 nitrogen and oxygen atoms in total. The fourth-order valence-corrected chi connectivity index (χ4v) is 1.45. The summed E-state index contributed by atoms with van der Waals surface area (Å²) in [7, 11) is 0. The minimum atomic E-state index is -4.59. The van der Waals surface area contributed by atoms with Gasteiger partial charge in [-0.15, -0.1) is 0 Å². The molecule has 0 radical (unpaired) electrons. The third kappa shape index (κ3) is 2.96. The molecule has 2 N–H and O–H groups in total. The third-order valence-corrected chi connectivity index (χ3v) is 2.40. The van der Waals surface area contributed by atoms with Gasteiger partial charge in [-0.2, -0.15) is 13.2 Å². The number of hydrogen-bond donors (Lipinski definition) is 1. The first-order chi connectivity index (χ1) is 8.88. The summed E-state index contributed by atoms with van der Waals surface area (Å²) in [6.07, 6.45) is -4.59. The number of ether oxygens (including phenoxy) is 1. The van der Waals surface area contributed by atoms with Gasteiger partial charge in [0.15, 0.2) is 11.6 Å². The molecule has 0 bridgehead atoms. The standard InChI is InChI=1S/C13H9F4NO/c14-9-7-8(13(15,16)17)5-6-11(9)19-12-4-2-1-3-10(12)18/h1-7H,18H2. The van der Waals surface area contributed by atoms with Gasteiger partial charge in [-0.25, -0.2) is 4.39 Å². The number of rotatable bonds is 2. The molecule has 0 aliphatic rings. The average molecular weight is 271 g/mol. The number of hydrogen-bond acceptors (Lipinski definition) is 2. The average Bonchev–Trinajstić information content (AvgIpc) is 2.33. The Balaban J connectivity index is 2.30. The summed E-state index contributed by atoms with van der Waals surface area (Å²) in [6.45, 7) is 0. The van der Waals surface area contributed by atoms with Crippen LogP contribution < -0.4 is 10.5 Å². The number of benzene rings is 2. The zero-order valence-electron chi connectivity index (χ0n) is 9.54. The van der Waals surface area contributed by atoms with Crippen LogP contribution in [0, 0.1) is 5.82 Å². The van der Waals surface area contributed by atoms with Crippen molar-refractivity contribution in [3.05, 3.63) is 53.8 Å². The fraction of sp³-hybridized carbons (Fsp3) is 0.0769. The second-order valence-corrected chi connectivity index (χ2v) is 3.78. The van der Waals surface area contributed by atoms with Crippen molar-refractivity contribution in [1.82, 2.24) is 0 Å². The summed E-state index contributed by atoms with van der Waals surface area (Å²) in [5.74, 6) is -1.23. The number of nitrogen functional groups attached to an aromatic ring is 1. The van der Waals surface area contributed by atoms with Gasteiger partial charge in [-0.05, 0) is 30.3 Å². The fourth-order valence-electron chi connectivity index (χ4n) is 1.45. The molecule has 0 aromatic heterocycles. The van der Waals surface area contributed by atoms with E-state index >= 15 is 0 Å². The minimum absolute atomic E-state index is 0.182. The third-order valence-electron chi connectivity index (χ3n) is 2.40. The molecule has 0 aliphatic heterocycles. The van der Waals surface area contributed by atoms with Crippen LogP contribution in [0.25, 0.3) is 0 Å². The van der Waals surface area contributed by atoms with Crippen molar-refractivity contribution in [2.45, 2.75) is 6.18 Å². The van der Waals surface area contributed by atoms with E-state index in [4.69, 9.17) is 10.5 Å². The second kappa shape index (κ2) is 4.79. The predicted octanol–water partition coefficient (Wildman–Crippen LogP) is 4.22. The van der Waals surface area contributed by atoms with E-state index in [1.807, 2.05) is 0 Å². The number of alkyl halides is 3. The Bertz CT molecular complexity index is 595. The normalized spacial score (nSPS) is 11.4. The van der Waals surface area contributed by atoms with Gasteiger partial charge < -0.3 is 10.5 Å². The Labute approximate surface area is 106 Å². The molecule has 0 heterocycles. The van der Waals surface area contributed by atoms with Crippen molar-refractivity contribution < 1.29 is 22.3 Å². The van der Waals surface area contributed by atoms with Crippen molar-refractivity contribution in [2.24, 2.45) is 0 Å². The molecule has 0 spiro atoms. The van der Waals surface area contributed by atoms with E-state index in [0.717, 1.165) is 12.1 Å². The summed E-state index contributed by atoms with van der Waals surface area (Å²) >= 11 is 0. The van der Waals surface area contributed by atoms with Gasteiger partial charge in [0.05, 0.1) is 11.3 Å². The van der Waals surface area contributed by atoms with Crippen LogP contribution in [0.4, 0.5) is 23.2 Å². The summed E-state index contributed by atoms with van der Waals surface area (Å²) in [5, 5.41) is 0. The second-order valence-electron chi connectivity index (χ2n) is 3.78. The number of para-hydroxylation sites is 2. The maximum Gasteiger partial charge on any atom is 0.416 e. The van der Waals surface area contributed by atoms with Crippen LogP contribution in [-0.2, 0) is 6.18 Å². The summed E-state index contributed by atoms with van der Waals surface area (Å²) < 4.78 is 55.8. The lowest BCUT2D eigenvalue weighted by molar-refractivity contribution is -0.137. The molecule has 0 saturated heterocycles. The van der Waals surface area contributed by atoms with Gasteiger partial charge >= 0.3 is 6.18 Å². The van der Waals surface area contributed by atoms with Crippen molar-refractivity contribution in [1.29, 1.82) is 0 Å². The van der Waals surface area contributed by atoms with Crippen LogP contribution in [-0.4, -0.2) is 0 Å². The molecule has 0 aliphatic carbocycles. The summed E-state index contributed by atoms with van der Waals surface area (Å²) in [6, 6.07) is 8.36. The van der Waals surface area contributed by atoms with E-state index in [0.29, 0.717) is 6.07 Å². The van der Waals surface area contributed by atoms with Crippen molar-refractivity contribution in [3.63, 3.8) is 0 Å². The lowest BCUT2D eigenvalue weighted by Gasteiger charge is -2.11. The lowest BCUT2D eigenvalue weighted by Crippen LogP contribution is -2.05. The first-order valence-corrected chi connectivity index (χ1v) is 5.27. The molecule has 19 heavy (non-hydrogen) atoms. The smallest absolute Gasteiger partial charge is 0.416 e. The first-order valence-electron chi connectivity index (χ1n) is 5.27.